The van der Waals surface area contributed by atoms with Gasteiger partial charge in [-0.25, -0.2) is 43.6 Å². The summed E-state index contributed by atoms with van der Waals surface area (Å²) in [4.78, 5) is 15.6. The molecule has 88 heavy (non-hydrogen) atoms. The number of ether oxygens (including phenoxy) is 4. The molecule has 28 heteroatoms. The normalized spacial score (nSPS) is 12.3. The van der Waals surface area contributed by atoms with Crippen molar-refractivity contribution in [3.63, 3.8) is 0 Å². The number of aromatic nitrogens is 4. The molecule has 9 rings (SSSR count). The Hall–Kier alpha value is -3.68. The minimum atomic E-state index is -5.37. The number of unbranched alkanes of at least 4 members (excludes halogenated alkanes) is 2. The molecule has 20 nitrogen and oxygen atoms in total. The molecule has 0 amide bonds. The van der Waals surface area contributed by atoms with Crippen molar-refractivity contribution in [1.82, 2.24) is 19.9 Å². The second-order valence-corrected chi connectivity index (χ2v) is 25.7. The number of pyridine rings is 4. The molecule has 0 N–H and O–H groups in total. The molecule has 1 aliphatic carbocycles. The van der Waals surface area contributed by atoms with Crippen LogP contribution in [0.2, 0.25) is 0 Å². The first-order valence-electron chi connectivity index (χ1n) is 26.6. The Bertz CT molecular complexity index is 3950. The maximum atomic E-state index is 13.3. The first-order chi connectivity index (χ1) is 39.8. The van der Waals surface area contributed by atoms with Crippen LogP contribution < -0.4 is 137 Å². The molecule has 0 unspecified atom stereocenters. The fourth-order valence-electron chi connectivity index (χ4n) is 9.79. The van der Waals surface area contributed by atoms with E-state index in [9.17, 15) is 51.9 Å². The van der Waals surface area contributed by atoms with Gasteiger partial charge < -0.3 is 37.2 Å². The molecular formula is C60H56N4Na4O16S4. The Morgan fingerprint density at radius 3 is 0.841 bits per heavy atom. The fraction of sp³-hybridized carbons (Fsp3) is 0.267. The van der Waals surface area contributed by atoms with Crippen molar-refractivity contribution >= 4 is 40.5 Å². The van der Waals surface area contributed by atoms with E-state index in [0.29, 0.717) is 59.8 Å². The van der Waals surface area contributed by atoms with Gasteiger partial charge in [0.05, 0.1) is 67.0 Å². The van der Waals surface area contributed by atoms with Crippen molar-refractivity contribution in [2.75, 3.05) is 13.2 Å². The standard InChI is InChI=1S/C60H60N4O16S4.4Na/c1-5-7-21-77-57-39-23-43-31-51(83(71,72)73)33-45(59(43)79-35-47-15-11-19-55(63-47)53-17-9-13-37(3)61-53)25-41-29-50(82(68,69)70)30-42(58(41)78-22-8-6-2)26-46-34-52(84(74,75)76)32-44(24-40(57)28-49(27-39)81(65,66)67)60(46)80-36-48-16-12-20-56(64-48)54-18-10-14-38(4)62-54;;;;/h9-20,27-34H,5-8,21-26,35-36H2,1-4H3,(H,65,66,67)(H,68,69,70)(H,71,72,73)(H,74,75,76);;;;/q;4*+1/p-4. The second kappa shape index (κ2) is 32.2. The van der Waals surface area contributed by atoms with Crippen LogP contribution in [0, 0.1) is 13.8 Å². The van der Waals surface area contributed by atoms with Gasteiger partial charge in [-0.3, -0.25) is 9.97 Å². The fourth-order valence-corrected chi connectivity index (χ4v) is 12.1. The molecule has 0 saturated carbocycles. The molecule has 0 fully saturated rings. The topological polar surface area (TPSA) is 317 Å². The molecule has 440 valence electrons. The van der Waals surface area contributed by atoms with Crippen LogP contribution in [-0.2, 0) is 79.4 Å². The van der Waals surface area contributed by atoms with Gasteiger partial charge in [0.25, 0.3) is 0 Å². The van der Waals surface area contributed by atoms with Crippen LogP contribution in [0.4, 0.5) is 0 Å². The third-order valence-electron chi connectivity index (χ3n) is 13.7. The average molecular weight is 1310 g/mol. The smallest absolute Gasteiger partial charge is 0.744 e. The van der Waals surface area contributed by atoms with E-state index in [-0.39, 0.29) is 212 Å². The second-order valence-electron chi connectivity index (χ2n) is 20.1. The van der Waals surface area contributed by atoms with Crippen LogP contribution in [-0.4, -0.2) is 85.0 Å². The molecule has 0 spiro atoms. The SMILES string of the molecule is CCCCOc1c2cc(S(=O)(=O)[O-])cc1Cc1cc(S(=O)(=O)[O-])cc(c1OCc1cccc(-c3cccc(C)n3)n1)Cc1cc(S(=O)(=O)[O-])cc(c1OCCCC)Cc1cc(S(=O)(=O)[O-])cc(c1OCc1cccc(-c3cccc(C)n3)n1)C2.[Na+].[Na+].[Na+].[Na+]. The van der Waals surface area contributed by atoms with Gasteiger partial charge in [0.2, 0.25) is 0 Å². The largest absolute Gasteiger partial charge is 1.00 e. The van der Waals surface area contributed by atoms with Gasteiger partial charge in [0, 0.05) is 81.6 Å². The molecule has 4 aromatic heterocycles. The molecule has 0 atom stereocenters. The maximum Gasteiger partial charge on any atom is 1.00 e. The number of hydrogen-bond donors (Lipinski definition) is 0. The van der Waals surface area contributed by atoms with Crippen LogP contribution in [0.1, 0.15) is 107 Å². The molecular weight excluding hydrogens is 1250 g/mol. The van der Waals surface area contributed by atoms with Crippen LogP contribution in [0.15, 0.2) is 141 Å². The van der Waals surface area contributed by atoms with Crippen LogP contribution in [0.25, 0.3) is 22.8 Å². The van der Waals surface area contributed by atoms with E-state index >= 15 is 0 Å². The van der Waals surface area contributed by atoms with Gasteiger partial charge >= 0.3 is 118 Å². The Balaban J connectivity index is 0.00000353. The van der Waals surface area contributed by atoms with Gasteiger partial charge in [0.1, 0.15) is 76.7 Å². The quantitative estimate of drug-likeness (QED) is 0.0418. The molecule has 4 aromatic carbocycles. The zero-order valence-corrected chi connectivity index (χ0v) is 61.3. The molecule has 0 aliphatic heterocycles. The molecule has 1 aliphatic rings. The zero-order valence-electron chi connectivity index (χ0n) is 50.0. The summed E-state index contributed by atoms with van der Waals surface area (Å²) in [5, 5.41) is 0. The van der Waals surface area contributed by atoms with Gasteiger partial charge in [-0.1, -0.05) is 51.0 Å². The summed E-state index contributed by atoms with van der Waals surface area (Å²) >= 11 is 0. The monoisotopic (exact) mass is 1310 g/mol. The number of nitrogens with zero attached hydrogens (tertiary/aromatic N) is 4. The zero-order chi connectivity index (χ0) is 60.1. The summed E-state index contributed by atoms with van der Waals surface area (Å²) in [6, 6.07) is 29.3. The first kappa shape index (κ1) is 75.0. The summed E-state index contributed by atoms with van der Waals surface area (Å²) in [5.74, 6) is -0.248. The Labute approximate surface area is 601 Å². The minimum absolute atomic E-state index is 0. The summed E-state index contributed by atoms with van der Waals surface area (Å²) in [6.07, 6.45) is 0.0191. The van der Waals surface area contributed by atoms with E-state index in [1.165, 1.54) is 0 Å². The predicted octanol–water partition coefficient (Wildman–Crippen LogP) is -2.96. The van der Waals surface area contributed by atoms with Crippen LogP contribution in [0.3, 0.4) is 0 Å². The molecule has 0 saturated heterocycles. The number of hydrogen-bond acceptors (Lipinski definition) is 20. The third-order valence-corrected chi connectivity index (χ3v) is 16.9. The number of rotatable bonds is 20. The Morgan fingerprint density at radius 2 is 0.602 bits per heavy atom. The van der Waals surface area contributed by atoms with Gasteiger partial charge in [-0.15, -0.1) is 0 Å². The molecule has 8 aromatic rings. The van der Waals surface area contributed by atoms with E-state index in [4.69, 9.17) is 28.9 Å². The summed E-state index contributed by atoms with van der Waals surface area (Å²) in [7, 11) is -21.5. The Kier molecular flexibility index (Phi) is 27.5. The maximum absolute atomic E-state index is 13.3. The predicted molar refractivity (Wildman–Crippen MR) is 303 cm³/mol. The van der Waals surface area contributed by atoms with Gasteiger partial charge in [0.15, 0.2) is 0 Å². The van der Waals surface area contributed by atoms with Crippen LogP contribution >= 0.6 is 0 Å². The minimum Gasteiger partial charge on any atom is -0.744 e. The number of benzene rings is 4. The van der Waals surface area contributed by atoms with Crippen LogP contribution in [0.5, 0.6) is 23.0 Å². The molecule has 4 heterocycles. The van der Waals surface area contributed by atoms with Crippen molar-refractivity contribution in [1.29, 1.82) is 0 Å². The van der Waals surface area contributed by atoms with Crippen molar-refractivity contribution in [3.05, 3.63) is 189 Å². The van der Waals surface area contributed by atoms with Crippen molar-refractivity contribution in [3.8, 4) is 45.8 Å². The van der Waals surface area contributed by atoms with E-state index in [0.717, 1.165) is 59.9 Å². The van der Waals surface area contributed by atoms with Crippen molar-refractivity contribution in [2.24, 2.45) is 0 Å². The Morgan fingerprint density at radius 1 is 0.364 bits per heavy atom. The summed E-state index contributed by atoms with van der Waals surface area (Å²) in [5.41, 5.74) is 3.73. The van der Waals surface area contributed by atoms with E-state index in [1.807, 2.05) is 52.0 Å². The first-order valence-corrected chi connectivity index (χ1v) is 32.3. The summed E-state index contributed by atoms with van der Waals surface area (Å²) in [6.45, 7) is 6.77. The molecule has 8 bridgehead atoms. The third kappa shape index (κ3) is 19.2. The number of fused-ring (bicyclic) bond motifs is 8. The summed E-state index contributed by atoms with van der Waals surface area (Å²) < 4.78 is 186. The van der Waals surface area contributed by atoms with E-state index in [2.05, 4.69) is 9.97 Å². The van der Waals surface area contributed by atoms with Gasteiger partial charge in [-0.05, 0) is 124 Å². The average Bonchev–Trinajstić information content (AvgIpc) is 2.45. The van der Waals surface area contributed by atoms with E-state index < -0.39 is 85.7 Å². The van der Waals surface area contributed by atoms with E-state index in [1.54, 1.807) is 48.5 Å². The van der Waals surface area contributed by atoms with Crippen molar-refractivity contribution < 1.29 is 189 Å². The van der Waals surface area contributed by atoms with Crippen molar-refractivity contribution in [2.45, 2.75) is 112 Å². The van der Waals surface area contributed by atoms with Gasteiger partial charge in [-0.2, -0.15) is 0 Å². The molecule has 0 radical (unpaired) electrons. The number of aryl methyl sites for hydroxylation is 2.